The molecule has 0 spiro atoms. The normalized spacial score (nSPS) is 14.4. The van der Waals surface area contributed by atoms with Crippen LogP contribution in [0.5, 0.6) is 0 Å². The third-order valence-corrected chi connectivity index (χ3v) is 6.61. The fourth-order valence-corrected chi connectivity index (χ4v) is 4.90. The zero-order chi connectivity index (χ0) is 21.4. The maximum Gasteiger partial charge on any atom is 0.270 e. The van der Waals surface area contributed by atoms with Gasteiger partial charge in [0.15, 0.2) is 0 Å². The van der Waals surface area contributed by atoms with E-state index in [0.717, 1.165) is 21.5 Å². The Balaban J connectivity index is 1.36. The maximum atomic E-state index is 13.4. The van der Waals surface area contributed by atoms with E-state index in [4.69, 9.17) is 0 Å². The van der Waals surface area contributed by atoms with Crippen LogP contribution in [0.1, 0.15) is 16.1 Å². The Kier molecular flexibility index (Phi) is 5.19. The third-order valence-electron chi connectivity index (χ3n) is 5.75. The molecule has 4 aromatic rings. The van der Waals surface area contributed by atoms with Crippen molar-refractivity contribution in [2.75, 3.05) is 31.1 Å². The van der Waals surface area contributed by atoms with Gasteiger partial charge in [-0.05, 0) is 59.5 Å². The number of anilines is 1. The SMILES string of the molecule is O=C(c1cc2sccc2n1Cc1ccc(F)cc1)N1CCN(c2ccc(F)cc2)CC1. The number of carbonyl (C=O) groups is 1. The second kappa shape index (κ2) is 8.15. The largest absolute Gasteiger partial charge is 0.368 e. The number of benzene rings is 2. The summed E-state index contributed by atoms with van der Waals surface area (Å²) in [5.41, 5.74) is 3.58. The molecule has 0 saturated carbocycles. The summed E-state index contributed by atoms with van der Waals surface area (Å²) < 4.78 is 29.6. The van der Waals surface area contributed by atoms with Gasteiger partial charge in [0.25, 0.3) is 5.91 Å². The van der Waals surface area contributed by atoms with E-state index < -0.39 is 0 Å². The molecule has 7 heteroatoms. The number of hydrogen-bond acceptors (Lipinski definition) is 3. The third kappa shape index (κ3) is 3.93. The molecule has 0 aliphatic carbocycles. The van der Waals surface area contributed by atoms with Crippen molar-refractivity contribution in [2.45, 2.75) is 6.54 Å². The Morgan fingerprint density at radius 1 is 0.871 bits per heavy atom. The van der Waals surface area contributed by atoms with Crippen LogP contribution in [0.4, 0.5) is 14.5 Å². The van der Waals surface area contributed by atoms with Crippen LogP contribution in [-0.4, -0.2) is 41.6 Å². The first-order valence-corrected chi connectivity index (χ1v) is 11.1. The van der Waals surface area contributed by atoms with Crippen LogP contribution in [0.25, 0.3) is 10.2 Å². The van der Waals surface area contributed by atoms with Crippen molar-refractivity contribution in [1.82, 2.24) is 9.47 Å². The second-order valence-electron chi connectivity index (χ2n) is 7.67. The molecule has 2 aromatic carbocycles. The van der Waals surface area contributed by atoms with Gasteiger partial charge in [-0.3, -0.25) is 4.79 Å². The van der Waals surface area contributed by atoms with E-state index in [1.54, 1.807) is 35.6 Å². The predicted molar refractivity (Wildman–Crippen MR) is 120 cm³/mol. The minimum atomic E-state index is -0.271. The Bertz CT molecular complexity index is 1210. The number of halogens is 2. The van der Waals surface area contributed by atoms with Gasteiger partial charge < -0.3 is 14.4 Å². The molecule has 0 N–H and O–H groups in total. The average Bonchev–Trinajstić information content (AvgIpc) is 3.38. The average molecular weight is 438 g/mol. The number of fused-ring (bicyclic) bond motifs is 1. The number of hydrogen-bond donors (Lipinski definition) is 0. The summed E-state index contributed by atoms with van der Waals surface area (Å²) in [5, 5.41) is 2.02. The summed E-state index contributed by atoms with van der Waals surface area (Å²) in [5.74, 6) is -0.518. The maximum absolute atomic E-state index is 13.4. The molecule has 0 unspecified atom stereocenters. The Morgan fingerprint density at radius 2 is 1.52 bits per heavy atom. The molecular formula is C24H21F2N3OS. The number of carbonyl (C=O) groups excluding carboxylic acids is 1. The molecule has 1 saturated heterocycles. The van der Waals surface area contributed by atoms with Crippen LogP contribution in [0, 0.1) is 11.6 Å². The lowest BCUT2D eigenvalue weighted by Gasteiger charge is -2.36. The van der Waals surface area contributed by atoms with Crippen molar-refractivity contribution < 1.29 is 13.6 Å². The van der Waals surface area contributed by atoms with Crippen molar-refractivity contribution in [3.63, 3.8) is 0 Å². The fourth-order valence-electron chi connectivity index (χ4n) is 4.08. The number of thiophene rings is 1. The number of rotatable bonds is 4. The Labute approximate surface area is 182 Å². The Hall–Kier alpha value is -3.19. The van der Waals surface area contributed by atoms with Gasteiger partial charge in [-0.1, -0.05) is 12.1 Å². The molecule has 1 aliphatic rings. The molecule has 1 aliphatic heterocycles. The van der Waals surface area contributed by atoms with Crippen LogP contribution < -0.4 is 4.90 Å². The first-order valence-electron chi connectivity index (χ1n) is 10.2. The smallest absolute Gasteiger partial charge is 0.270 e. The van der Waals surface area contributed by atoms with Crippen molar-refractivity contribution in [2.24, 2.45) is 0 Å². The van der Waals surface area contributed by atoms with Gasteiger partial charge in [0.2, 0.25) is 0 Å². The van der Waals surface area contributed by atoms with E-state index in [-0.39, 0.29) is 17.5 Å². The van der Waals surface area contributed by atoms with Crippen LogP contribution in [0.15, 0.2) is 66.0 Å². The lowest BCUT2D eigenvalue weighted by molar-refractivity contribution is 0.0737. The van der Waals surface area contributed by atoms with E-state index >= 15 is 0 Å². The lowest BCUT2D eigenvalue weighted by atomic mass is 10.2. The monoisotopic (exact) mass is 437 g/mol. The zero-order valence-electron chi connectivity index (χ0n) is 16.8. The van der Waals surface area contributed by atoms with Crippen molar-refractivity contribution in [3.8, 4) is 0 Å². The number of amides is 1. The van der Waals surface area contributed by atoms with Gasteiger partial charge >= 0.3 is 0 Å². The van der Waals surface area contributed by atoms with Gasteiger partial charge in [0.05, 0.1) is 10.2 Å². The van der Waals surface area contributed by atoms with Gasteiger partial charge in [-0.2, -0.15) is 0 Å². The van der Waals surface area contributed by atoms with Crippen molar-refractivity contribution >= 4 is 33.1 Å². The first kappa shape index (κ1) is 19.8. The molecular weight excluding hydrogens is 416 g/mol. The summed E-state index contributed by atoms with van der Waals surface area (Å²) in [6, 6.07) is 16.8. The van der Waals surface area contributed by atoms with Crippen LogP contribution in [0.2, 0.25) is 0 Å². The van der Waals surface area contributed by atoms with Gasteiger partial charge in [-0.25, -0.2) is 8.78 Å². The van der Waals surface area contributed by atoms with E-state index in [1.807, 2.05) is 27.0 Å². The summed E-state index contributed by atoms with van der Waals surface area (Å²) in [7, 11) is 0. The number of nitrogens with zero attached hydrogens (tertiary/aromatic N) is 3. The van der Waals surface area contributed by atoms with Crippen molar-refractivity contribution in [1.29, 1.82) is 0 Å². The first-order chi connectivity index (χ1) is 15.1. The highest BCUT2D eigenvalue weighted by atomic mass is 32.1. The van der Waals surface area contributed by atoms with Gasteiger partial charge in [0, 0.05) is 38.4 Å². The summed E-state index contributed by atoms with van der Waals surface area (Å²) in [4.78, 5) is 17.4. The molecule has 158 valence electrons. The highest BCUT2D eigenvalue weighted by Crippen LogP contribution is 2.28. The predicted octanol–water partition coefficient (Wildman–Crippen LogP) is 4.99. The van der Waals surface area contributed by atoms with E-state index in [1.165, 1.54) is 24.3 Å². The molecule has 2 aromatic heterocycles. The molecule has 5 rings (SSSR count). The lowest BCUT2D eigenvalue weighted by Crippen LogP contribution is -2.49. The summed E-state index contributed by atoms with van der Waals surface area (Å²) in [6.45, 7) is 3.11. The molecule has 4 nitrogen and oxygen atoms in total. The Morgan fingerprint density at radius 3 is 2.19 bits per heavy atom. The van der Waals surface area contributed by atoms with Crippen LogP contribution >= 0.6 is 11.3 Å². The van der Waals surface area contributed by atoms with Crippen molar-refractivity contribution in [3.05, 3.63) is 88.9 Å². The van der Waals surface area contributed by atoms with Crippen LogP contribution in [-0.2, 0) is 6.54 Å². The van der Waals surface area contributed by atoms with E-state index in [0.29, 0.717) is 38.4 Å². The molecule has 31 heavy (non-hydrogen) atoms. The van der Waals surface area contributed by atoms with E-state index in [9.17, 15) is 13.6 Å². The number of aromatic nitrogens is 1. The fraction of sp³-hybridized carbons (Fsp3) is 0.208. The molecule has 1 fully saturated rings. The highest BCUT2D eigenvalue weighted by Gasteiger charge is 2.26. The standard InChI is InChI=1S/C24H21F2N3OS/c25-18-3-1-17(2-4-18)16-29-21-9-14-31-23(21)15-22(29)24(30)28-12-10-27(11-13-28)20-7-5-19(26)6-8-20/h1-9,14-15H,10-13,16H2. The minimum absolute atomic E-state index is 0.00395. The van der Waals surface area contributed by atoms with E-state index in [2.05, 4.69) is 4.90 Å². The zero-order valence-corrected chi connectivity index (χ0v) is 17.6. The molecule has 0 atom stereocenters. The van der Waals surface area contributed by atoms with Gasteiger partial charge in [0.1, 0.15) is 17.3 Å². The topological polar surface area (TPSA) is 28.5 Å². The molecule has 1 amide bonds. The van der Waals surface area contributed by atoms with Gasteiger partial charge in [-0.15, -0.1) is 11.3 Å². The van der Waals surface area contributed by atoms with Crippen LogP contribution in [0.3, 0.4) is 0 Å². The molecule has 0 radical (unpaired) electrons. The molecule has 0 bridgehead atoms. The number of piperazine rings is 1. The second-order valence-corrected chi connectivity index (χ2v) is 8.62. The minimum Gasteiger partial charge on any atom is -0.368 e. The molecule has 3 heterocycles. The summed E-state index contributed by atoms with van der Waals surface area (Å²) in [6.07, 6.45) is 0. The summed E-state index contributed by atoms with van der Waals surface area (Å²) >= 11 is 1.61. The quantitative estimate of drug-likeness (QED) is 0.450. The highest BCUT2D eigenvalue weighted by molar-refractivity contribution is 7.17.